The third-order valence-electron chi connectivity index (χ3n) is 6.37. The zero-order valence-electron chi connectivity index (χ0n) is 21.3. The third kappa shape index (κ3) is 6.83. The summed E-state index contributed by atoms with van der Waals surface area (Å²) in [5.41, 5.74) is 3.95. The largest absolute Gasteiger partial charge is 0.496 e. The number of likely N-dealkylation sites (N-methyl/N-ethyl adjacent to an activating group) is 1. The molecule has 0 unspecified atom stereocenters. The third-order valence-corrected chi connectivity index (χ3v) is 6.37. The average Bonchev–Trinajstić information content (AvgIpc) is 2.82. The van der Waals surface area contributed by atoms with Crippen molar-refractivity contribution in [1.29, 1.82) is 0 Å². The van der Waals surface area contributed by atoms with Gasteiger partial charge in [-0.25, -0.2) is 0 Å². The van der Waals surface area contributed by atoms with Gasteiger partial charge in [0.05, 0.1) is 13.5 Å². The molecule has 0 aliphatic carbocycles. The van der Waals surface area contributed by atoms with Crippen molar-refractivity contribution in [3.63, 3.8) is 0 Å². The number of fused-ring (bicyclic) bond motifs is 1. The number of benzene rings is 2. The number of ether oxygens (including phenoxy) is 1. The summed E-state index contributed by atoms with van der Waals surface area (Å²) in [4.78, 5) is 32.7. The highest BCUT2D eigenvalue weighted by Gasteiger charge is 2.23. The van der Waals surface area contributed by atoms with Crippen LogP contribution < -0.4 is 9.64 Å². The first kappa shape index (κ1) is 25.8. The van der Waals surface area contributed by atoms with Crippen molar-refractivity contribution < 1.29 is 14.3 Å². The Morgan fingerprint density at radius 2 is 1.76 bits per heavy atom. The van der Waals surface area contributed by atoms with Crippen LogP contribution in [0.5, 0.6) is 5.75 Å². The summed E-state index contributed by atoms with van der Waals surface area (Å²) >= 11 is 0. The van der Waals surface area contributed by atoms with Gasteiger partial charge in [-0.3, -0.25) is 9.59 Å². The second kappa shape index (κ2) is 12.0. The number of anilines is 1. The van der Waals surface area contributed by atoms with E-state index in [2.05, 4.69) is 25.8 Å². The lowest BCUT2D eigenvalue weighted by molar-refractivity contribution is -0.131. The van der Waals surface area contributed by atoms with E-state index >= 15 is 0 Å². The first-order valence-corrected chi connectivity index (χ1v) is 12.3. The van der Waals surface area contributed by atoms with Crippen molar-refractivity contribution in [2.75, 3.05) is 45.2 Å². The molecule has 1 aliphatic heterocycles. The molecule has 184 valence electrons. The van der Waals surface area contributed by atoms with E-state index in [4.69, 9.17) is 4.74 Å². The quantitative estimate of drug-likeness (QED) is 0.661. The van der Waals surface area contributed by atoms with E-state index in [1.807, 2.05) is 59.2 Å². The SMILES string of the molecule is COc1ccc(CC(=O)N2CCN(C)CCCN(C(=O)CC(C)C)c3ccccc3C2)cc1C. The molecule has 2 aromatic rings. The second-order valence-corrected chi connectivity index (χ2v) is 9.72. The molecule has 0 bridgehead atoms. The van der Waals surface area contributed by atoms with Gasteiger partial charge in [0.25, 0.3) is 0 Å². The molecule has 3 rings (SSSR count). The van der Waals surface area contributed by atoms with Gasteiger partial charge in [0.1, 0.15) is 5.75 Å². The van der Waals surface area contributed by atoms with Gasteiger partial charge in [0.2, 0.25) is 11.8 Å². The highest BCUT2D eigenvalue weighted by atomic mass is 16.5. The van der Waals surface area contributed by atoms with Crippen molar-refractivity contribution in [2.24, 2.45) is 5.92 Å². The fourth-order valence-electron chi connectivity index (χ4n) is 4.48. The molecule has 0 saturated heterocycles. The van der Waals surface area contributed by atoms with Gasteiger partial charge in [-0.05, 0) is 61.7 Å². The Kier molecular flexibility index (Phi) is 9.11. The zero-order chi connectivity index (χ0) is 24.7. The predicted molar refractivity (Wildman–Crippen MR) is 137 cm³/mol. The van der Waals surface area contributed by atoms with Gasteiger partial charge < -0.3 is 19.4 Å². The number of methoxy groups -OCH3 is 1. The molecule has 6 nitrogen and oxygen atoms in total. The van der Waals surface area contributed by atoms with Gasteiger partial charge in [-0.2, -0.15) is 0 Å². The predicted octanol–water partition coefficient (Wildman–Crippen LogP) is 4.29. The van der Waals surface area contributed by atoms with E-state index in [1.165, 1.54) is 0 Å². The Morgan fingerprint density at radius 3 is 2.47 bits per heavy atom. The van der Waals surface area contributed by atoms with Crippen molar-refractivity contribution >= 4 is 17.5 Å². The molecule has 0 aromatic heterocycles. The number of hydrogen-bond acceptors (Lipinski definition) is 4. The lowest BCUT2D eigenvalue weighted by atomic mass is 10.1. The maximum Gasteiger partial charge on any atom is 0.227 e. The number of para-hydroxylation sites is 1. The summed E-state index contributed by atoms with van der Waals surface area (Å²) in [6.45, 7) is 9.65. The van der Waals surface area contributed by atoms with E-state index < -0.39 is 0 Å². The highest BCUT2D eigenvalue weighted by Crippen LogP contribution is 2.25. The number of carbonyl (C=O) groups excluding carboxylic acids is 2. The minimum absolute atomic E-state index is 0.0899. The lowest BCUT2D eigenvalue weighted by Crippen LogP contribution is -2.38. The normalized spacial score (nSPS) is 15.6. The smallest absolute Gasteiger partial charge is 0.227 e. The van der Waals surface area contributed by atoms with Crippen molar-refractivity contribution in [3.8, 4) is 5.75 Å². The molecule has 0 spiro atoms. The minimum Gasteiger partial charge on any atom is -0.496 e. The first-order valence-electron chi connectivity index (χ1n) is 12.3. The molecule has 0 fully saturated rings. The summed E-state index contributed by atoms with van der Waals surface area (Å²) in [5.74, 6) is 1.36. The average molecular weight is 466 g/mol. The number of carbonyl (C=O) groups is 2. The summed E-state index contributed by atoms with van der Waals surface area (Å²) in [7, 11) is 3.74. The van der Waals surface area contributed by atoms with Gasteiger partial charge in [-0.1, -0.05) is 44.2 Å². The van der Waals surface area contributed by atoms with Crippen LogP contribution in [0.25, 0.3) is 0 Å². The Labute approximate surface area is 204 Å². The summed E-state index contributed by atoms with van der Waals surface area (Å²) in [6.07, 6.45) is 1.75. The zero-order valence-corrected chi connectivity index (χ0v) is 21.3. The maximum atomic E-state index is 13.5. The van der Waals surface area contributed by atoms with Crippen molar-refractivity contribution in [3.05, 3.63) is 59.2 Å². The van der Waals surface area contributed by atoms with Crippen LogP contribution >= 0.6 is 0 Å². The topological polar surface area (TPSA) is 53.1 Å². The van der Waals surface area contributed by atoms with E-state index in [0.717, 1.165) is 47.6 Å². The Morgan fingerprint density at radius 1 is 1.00 bits per heavy atom. The van der Waals surface area contributed by atoms with Gasteiger partial charge in [-0.15, -0.1) is 0 Å². The van der Waals surface area contributed by atoms with Crippen LogP contribution in [0.2, 0.25) is 0 Å². The summed E-state index contributed by atoms with van der Waals surface area (Å²) in [5, 5.41) is 0. The number of nitrogens with zero attached hydrogens (tertiary/aromatic N) is 3. The van der Waals surface area contributed by atoms with Gasteiger partial charge in [0, 0.05) is 38.3 Å². The molecule has 1 aliphatic rings. The molecule has 2 aromatic carbocycles. The standard InChI is InChI=1S/C28H39N3O3/c1-21(2)17-28(33)31-14-8-13-29(4)15-16-30(20-24-9-6-7-10-25(24)31)27(32)19-23-11-12-26(34-5)22(3)18-23/h6-7,9-12,18,21H,8,13-17,19-20H2,1-5H3. The van der Waals surface area contributed by atoms with Crippen molar-refractivity contribution in [2.45, 2.75) is 46.6 Å². The molecule has 0 radical (unpaired) electrons. The van der Waals surface area contributed by atoms with Crippen LogP contribution in [0, 0.1) is 12.8 Å². The van der Waals surface area contributed by atoms with Crippen LogP contribution in [-0.4, -0.2) is 62.0 Å². The van der Waals surface area contributed by atoms with E-state index in [-0.39, 0.29) is 11.8 Å². The highest BCUT2D eigenvalue weighted by molar-refractivity contribution is 5.94. The van der Waals surface area contributed by atoms with E-state index in [1.54, 1.807) is 7.11 Å². The minimum atomic E-state index is 0.0899. The summed E-state index contributed by atoms with van der Waals surface area (Å²) < 4.78 is 5.36. The number of aryl methyl sites for hydroxylation is 1. The Bertz CT molecular complexity index is 989. The molecule has 0 saturated carbocycles. The van der Waals surface area contributed by atoms with Crippen LogP contribution in [0.1, 0.15) is 43.4 Å². The first-order chi connectivity index (χ1) is 16.3. The van der Waals surface area contributed by atoms with Crippen LogP contribution in [0.4, 0.5) is 5.69 Å². The maximum absolute atomic E-state index is 13.5. The molecular weight excluding hydrogens is 426 g/mol. The van der Waals surface area contributed by atoms with Crippen LogP contribution in [-0.2, 0) is 22.6 Å². The molecular formula is C28H39N3O3. The number of amides is 2. The Hall–Kier alpha value is -2.86. The molecule has 0 atom stereocenters. The molecule has 2 amide bonds. The molecule has 6 heteroatoms. The van der Waals surface area contributed by atoms with Gasteiger partial charge in [0.15, 0.2) is 0 Å². The molecule has 34 heavy (non-hydrogen) atoms. The lowest BCUT2D eigenvalue weighted by Gasteiger charge is -2.28. The van der Waals surface area contributed by atoms with E-state index in [0.29, 0.717) is 38.4 Å². The van der Waals surface area contributed by atoms with Gasteiger partial charge >= 0.3 is 0 Å². The second-order valence-electron chi connectivity index (χ2n) is 9.72. The van der Waals surface area contributed by atoms with E-state index in [9.17, 15) is 9.59 Å². The van der Waals surface area contributed by atoms with Crippen LogP contribution in [0.15, 0.2) is 42.5 Å². The van der Waals surface area contributed by atoms with Crippen LogP contribution in [0.3, 0.4) is 0 Å². The number of hydrogen-bond donors (Lipinski definition) is 0. The monoisotopic (exact) mass is 465 g/mol. The Balaban J connectivity index is 1.88. The fourth-order valence-corrected chi connectivity index (χ4v) is 4.48. The number of rotatable bonds is 5. The summed E-state index contributed by atoms with van der Waals surface area (Å²) in [6, 6.07) is 13.9. The molecule has 1 heterocycles. The fraction of sp³-hybridized carbons (Fsp3) is 0.500. The molecule has 0 N–H and O–H groups in total. The van der Waals surface area contributed by atoms with Crippen molar-refractivity contribution in [1.82, 2.24) is 9.80 Å².